The van der Waals surface area contributed by atoms with E-state index in [0.717, 1.165) is 51.9 Å². The van der Waals surface area contributed by atoms with E-state index in [0.29, 0.717) is 11.6 Å². The van der Waals surface area contributed by atoms with Crippen LogP contribution in [0.2, 0.25) is 5.02 Å². The van der Waals surface area contributed by atoms with E-state index in [1.165, 1.54) is 11.8 Å². The van der Waals surface area contributed by atoms with Crippen molar-refractivity contribution >= 4 is 45.2 Å². The summed E-state index contributed by atoms with van der Waals surface area (Å²) in [5.74, 6) is 1.13. The van der Waals surface area contributed by atoms with E-state index in [-0.39, 0.29) is 11.7 Å². The van der Waals surface area contributed by atoms with Gasteiger partial charge in [-0.1, -0.05) is 35.5 Å². The third kappa shape index (κ3) is 5.65. The zero-order valence-corrected chi connectivity index (χ0v) is 20.3. The average molecular weight is 512 g/mol. The van der Waals surface area contributed by atoms with Crippen LogP contribution in [0.5, 0.6) is 0 Å². The average Bonchev–Trinajstić information content (AvgIpc) is 3.25. The van der Waals surface area contributed by atoms with E-state index >= 15 is 0 Å². The molecule has 160 valence electrons. The SMILES string of the molecule is CCn1c(CCn2nc(C)c(Br)c2C)nnc1SCC(=O)NCc1ccc(Cl)cc1. The van der Waals surface area contributed by atoms with Crippen molar-refractivity contribution in [2.24, 2.45) is 0 Å². The van der Waals surface area contributed by atoms with E-state index in [2.05, 4.69) is 48.0 Å². The maximum atomic E-state index is 12.2. The molecule has 1 N–H and O–H groups in total. The lowest BCUT2D eigenvalue weighted by atomic mass is 10.2. The second-order valence-electron chi connectivity index (χ2n) is 6.79. The highest BCUT2D eigenvalue weighted by Crippen LogP contribution is 2.21. The molecule has 0 aliphatic carbocycles. The number of nitrogens with one attached hydrogen (secondary N) is 1. The first-order chi connectivity index (χ1) is 14.4. The number of aromatic nitrogens is 5. The van der Waals surface area contributed by atoms with E-state index in [9.17, 15) is 4.79 Å². The van der Waals surface area contributed by atoms with Crippen LogP contribution in [0.15, 0.2) is 33.9 Å². The maximum Gasteiger partial charge on any atom is 0.230 e. The normalized spacial score (nSPS) is 11.1. The smallest absolute Gasteiger partial charge is 0.230 e. The summed E-state index contributed by atoms with van der Waals surface area (Å²) in [6, 6.07) is 7.43. The van der Waals surface area contributed by atoms with Crippen LogP contribution in [0.3, 0.4) is 0 Å². The predicted octanol–water partition coefficient (Wildman–Crippen LogP) is 4.18. The van der Waals surface area contributed by atoms with Gasteiger partial charge in [0.05, 0.1) is 15.9 Å². The van der Waals surface area contributed by atoms with Gasteiger partial charge in [0.15, 0.2) is 5.16 Å². The van der Waals surface area contributed by atoms with Gasteiger partial charge in [-0.3, -0.25) is 9.48 Å². The molecule has 1 amide bonds. The first-order valence-corrected chi connectivity index (χ1v) is 11.8. The molecule has 0 saturated carbocycles. The molecule has 3 rings (SSSR count). The highest BCUT2D eigenvalue weighted by Gasteiger charge is 2.15. The minimum atomic E-state index is -0.0466. The quantitative estimate of drug-likeness (QED) is 0.436. The lowest BCUT2D eigenvalue weighted by Gasteiger charge is -2.09. The molecule has 0 unspecified atom stereocenters. The molecule has 0 aliphatic heterocycles. The number of nitrogens with zero attached hydrogens (tertiary/aromatic N) is 5. The number of hydrogen-bond acceptors (Lipinski definition) is 5. The summed E-state index contributed by atoms with van der Waals surface area (Å²) in [6.45, 7) is 8.02. The number of carbonyl (C=O) groups is 1. The molecule has 30 heavy (non-hydrogen) atoms. The van der Waals surface area contributed by atoms with Crippen molar-refractivity contribution in [3.63, 3.8) is 0 Å². The van der Waals surface area contributed by atoms with Gasteiger partial charge in [-0.25, -0.2) is 0 Å². The number of halogens is 2. The first kappa shape index (κ1) is 22.8. The number of hydrogen-bond donors (Lipinski definition) is 1. The van der Waals surface area contributed by atoms with Crippen molar-refractivity contribution in [3.05, 3.63) is 56.5 Å². The Morgan fingerprint density at radius 2 is 1.97 bits per heavy atom. The molecule has 1 aromatic carbocycles. The standard InChI is InChI=1S/C20H24BrClN6OS/c1-4-27-17(9-10-28-14(3)19(21)13(2)26-28)24-25-20(27)30-12-18(29)23-11-15-5-7-16(22)8-6-15/h5-8H,4,9-12H2,1-3H3,(H,23,29). The van der Waals surface area contributed by atoms with Crippen LogP contribution in [0, 0.1) is 13.8 Å². The summed E-state index contributed by atoms with van der Waals surface area (Å²) in [5, 5.41) is 17.5. The van der Waals surface area contributed by atoms with Crippen molar-refractivity contribution in [2.75, 3.05) is 5.75 Å². The van der Waals surface area contributed by atoms with Crippen LogP contribution in [0.4, 0.5) is 0 Å². The minimum absolute atomic E-state index is 0.0466. The molecule has 7 nitrogen and oxygen atoms in total. The molecular formula is C20H24BrClN6OS. The predicted molar refractivity (Wildman–Crippen MR) is 123 cm³/mol. The van der Waals surface area contributed by atoms with E-state index in [1.807, 2.05) is 42.8 Å². The van der Waals surface area contributed by atoms with Gasteiger partial charge in [0.25, 0.3) is 0 Å². The van der Waals surface area contributed by atoms with E-state index in [1.54, 1.807) is 0 Å². The van der Waals surface area contributed by atoms with Crippen LogP contribution in [0.1, 0.15) is 29.7 Å². The number of amides is 1. The molecule has 0 spiro atoms. The molecular weight excluding hydrogens is 488 g/mol. The number of benzene rings is 1. The molecule has 10 heteroatoms. The summed E-state index contributed by atoms with van der Waals surface area (Å²) >= 11 is 10.8. The molecule has 0 radical (unpaired) electrons. The van der Waals surface area contributed by atoms with Crippen LogP contribution in [-0.4, -0.2) is 36.2 Å². The molecule has 0 atom stereocenters. The number of thioether (sulfide) groups is 1. The molecule has 0 saturated heterocycles. The Bertz CT molecular complexity index is 1020. The maximum absolute atomic E-state index is 12.2. The number of rotatable bonds is 9. The second kappa shape index (κ2) is 10.5. The van der Waals surface area contributed by atoms with Gasteiger partial charge >= 0.3 is 0 Å². The fourth-order valence-corrected chi connectivity index (χ4v) is 4.27. The first-order valence-electron chi connectivity index (χ1n) is 9.64. The van der Waals surface area contributed by atoms with Crippen LogP contribution in [0.25, 0.3) is 0 Å². The summed E-state index contributed by atoms with van der Waals surface area (Å²) < 4.78 is 5.07. The lowest BCUT2D eigenvalue weighted by molar-refractivity contribution is -0.118. The van der Waals surface area contributed by atoms with Crippen LogP contribution < -0.4 is 5.32 Å². The third-order valence-electron chi connectivity index (χ3n) is 4.69. The van der Waals surface area contributed by atoms with Crippen molar-refractivity contribution in [2.45, 2.75) is 52.0 Å². The zero-order valence-electron chi connectivity index (χ0n) is 17.2. The Hall–Kier alpha value is -1.84. The fraction of sp³-hybridized carbons (Fsp3) is 0.400. The van der Waals surface area contributed by atoms with Gasteiger partial charge in [-0.05, 0) is 54.4 Å². The zero-order chi connectivity index (χ0) is 21.7. The molecule has 2 aromatic heterocycles. The van der Waals surface area contributed by atoms with Gasteiger partial charge in [0.1, 0.15) is 5.82 Å². The van der Waals surface area contributed by atoms with Gasteiger partial charge in [0.2, 0.25) is 5.91 Å². The van der Waals surface area contributed by atoms with Gasteiger partial charge in [-0.2, -0.15) is 5.10 Å². The third-order valence-corrected chi connectivity index (χ3v) is 7.05. The van der Waals surface area contributed by atoms with Crippen molar-refractivity contribution in [1.82, 2.24) is 29.9 Å². The summed E-state index contributed by atoms with van der Waals surface area (Å²) in [6.07, 6.45) is 0.721. The van der Waals surface area contributed by atoms with Crippen molar-refractivity contribution in [3.8, 4) is 0 Å². The van der Waals surface area contributed by atoms with E-state index in [4.69, 9.17) is 11.6 Å². The number of carbonyl (C=O) groups excluding carboxylic acids is 1. The summed E-state index contributed by atoms with van der Waals surface area (Å²) in [7, 11) is 0. The van der Waals surface area contributed by atoms with Crippen molar-refractivity contribution in [1.29, 1.82) is 0 Å². The molecule has 3 aromatic rings. The lowest BCUT2D eigenvalue weighted by Crippen LogP contribution is -2.24. The van der Waals surface area contributed by atoms with Gasteiger partial charge in [0, 0.05) is 36.8 Å². The Morgan fingerprint density at radius 3 is 2.60 bits per heavy atom. The highest BCUT2D eigenvalue weighted by atomic mass is 79.9. The number of aryl methyl sites for hydroxylation is 3. The topological polar surface area (TPSA) is 77.6 Å². The van der Waals surface area contributed by atoms with Gasteiger partial charge in [-0.15, -0.1) is 10.2 Å². The molecule has 0 aliphatic rings. The molecule has 0 bridgehead atoms. The Morgan fingerprint density at radius 1 is 1.23 bits per heavy atom. The Balaban J connectivity index is 1.53. The summed E-state index contributed by atoms with van der Waals surface area (Å²) in [4.78, 5) is 12.2. The molecule has 0 fully saturated rings. The van der Waals surface area contributed by atoms with Gasteiger partial charge < -0.3 is 9.88 Å². The Labute approximate surface area is 193 Å². The second-order valence-corrected chi connectivity index (χ2v) is 8.96. The highest BCUT2D eigenvalue weighted by molar-refractivity contribution is 9.10. The summed E-state index contributed by atoms with van der Waals surface area (Å²) in [5.41, 5.74) is 3.08. The van der Waals surface area contributed by atoms with Crippen LogP contribution in [-0.2, 0) is 30.8 Å². The monoisotopic (exact) mass is 510 g/mol. The van der Waals surface area contributed by atoms with Crippen molar-refractivity contribution < 1.29 is 4.79 Å². The minimum Gasteiger partial charge on any atom is -0.351 e. The van der Waals surface area contributed by atoms with E-state index < -0.39 is 0 Å². The molecule has 2 heterocycles. The fourth-order valence-electron chi connectivity index (χ4n) is 3.01. The Kier molecular flexibility index (Phi) is 7.96. The largest absolute Gasteiger partial charge is 0.351 e. The van der Waals surface area contributed by atoms with Crippen LogP contribution >= 0.6 is 39.3 Å².